The number of likely N-dealkylation sites (N-methyl/N-ethyl adjacent to an activating group) is 1. The van der Waals surface area contributed by atoms with Crippen LogP contribution in [-0.2, 0) is 0 Å². The molecule has 23 heavy (non-hydrogen) atoms. The number of hydrogen-bond donors (Lipinski definition) is 0. The molecule has 0 spiro atoms. The molecule has 0 N–H and O–H groups in total. The van der Waals surface area contributed by atoms with E-state index in [2.05, 4.69) is 29.8 Å². The highest BCUT2D eigenvalue weighted by Crippen LogP contribution is 2.33. The van der Waals surface area contributed by atoms with E-state index >= 15 is 0 Å². The highest BCUT2D eigenvalue weighted by atomic mass is 16.5. The number of hydrogen-bond acceptors (Lipinski definition) is 5. The van der Waals surface area contributed by atoms with E-state index in [0.29, 0.717) is 19.3 Å². The summed E-state index contributed by atoms with van der Waals surface area (Å²) in [7, 11) is 2.13. The van der Waals surface area contributed by atoms with Gasteiger partial charge in [-0.3, -0.25) is 4.90 Å². The lowest BCUT2D eigenvalue weighted by Gasteiger charge is -2.40. The first-order chi connectivity index (χ1) is 11.1. The molecule has 1 heterocycles. The molecule has 0 aromatic heterocycles. The zero-order chi connectivity index (χ0) is 16.8. The first-order valence-corrected chi connectivity index (χ1v) is 8.34. The molecule has 1 aromatic rings. The largest absolute Gasteiger partial charge is 0.494 e. The molecule has 1 aliphatic heterocycles. The third-order valence-electron chi connectivity index (χ3n) is 4.37. The molecule has 0 radical (unpaired) electrons. The normalized spacial score (nSPS) is 20.7. The average molecular weight is 317 g/mol. The summed E-state index contributed by atoms with van der Waals surface area (Å²) in [5.41, 5.74) is 0.926. The minimum Gasteiger partial charge on any atom is -0.494 e. The second-order valence-electron chi connectivity index (χ2n) is 5.92. The topological polar surface area (TPSA) is 48.7 Å². The number of rotatable bonds is 6. The summed E-state index contributed by atoms with van der Waals surface area (Å²) in [5, 5.41) is 9.76. The molecule has 0 aliphatic carbocycles. The smallest absolute Gasteiger partial charge is 0.128 e. The van der Waals surface area contributed by atoms with Crippen LogP contribution in [0.15, 0.2) is 18.2 Å². The van der Waals surface area contributed by atoms with Crippen molar-refractivity contribution in [3.63, 3.8) is 0 Å². The molecule has 2 atom stereocenters. The van der Waals surface area contributed by atoms with E-state index in [1.165, 1.54) is 0 Å². The zero-order valence-electron chi connectivity index (χ0n) is 14.6. The van der Waals surface area contributed by atoms with E-state index in [1.54, 1.807) is 0 Å². The van der Waals surface area contributed by atoms with E-state index in [4.69, 9.17) is 9.47 Å². The predicted molar refractivity (Wildman–Crippen MR) is 90.8 cm³/mol. The standard InChI is InChI=1S/C18H27N3O2/c1-5-22-15-7-8-16(18(11-15)23-6-2)17(12-19)21-10-9-20(4)14(3)13-21/h7-8,11,14,17H,5-6,9-10,13H2,1-4H3. The van der Waals surface area contributed by atoms with Gasteiger partial charge in [-0.15, -0.1) is 0 Å². The lowest BCUT2D eigenvalue weighted by atomic mass is 10.0. The fraction of sp³-hybridized carbons (Fsp3) is 0.611. The van der Waals surface area contributed by atoms with Crippen LogP contribution in [-0.4, -0.2) is 55.7 Å². The van der Waals surface area contributed by atoms with Crippen molar-refractivity contribution in [3.8, 4) is 17.6 Å². The second kappa shape index (κ2) is 8.19. The number of benzene rings is 1. The lowest BCUT2D eigenvalue weighted by molar-refractivity contribution is 0.0871. The number of ether oxygens (including phenoxy) is 2. The van der Waals surface area contributed by atoms with Crippen molar-refractivity contribution in [1.29, 1.82) is 5.26 Å². The summed E-state index contributed by atoms with van der Waals surface area (Å²) >= 11 is 0. The molecule has 2 unspecified atom stereocenters. The number of nitrogens with zero attached hydrogens (tertiary/aromatic N) is 3. The molecule has 1 fully saturated rings. The van der Waals surface area contributed by atoms with Gasteiger partial charge in [0.1, 0.15) is 17.5 Å². The lowest BCUT2D eigenvalue weighted by Crippen LogP contribution is -2.50. The average Bonchev–Trinajstić information content (AvgIpc) is 2.54. The van der Waals surface area contributed by atoms with Gasteiger partial charge in [-0.1, -0.05) is 0 Å². The fourth-order valence-corrected chi connectivity index (χ4v) is 2.94. The van der Waals surface area contributed by atoms with E-state index in [-0.39, 0.29) is 6.04 Å². The monoisotopic (exact) mass is 317 g/mol. The van der Waals surface area contributed by atoms with Crippen LogP contribution in [0.4, 0.5) is 0 Å². The van der Waals surface area contributed by atoms with Crippen LogP contribution in [0.1, 0.15) is 32.4 Å². The van der Waals surface area contributed by atoms with Crippen LogP contribution >= 0.6 is 0 Å². The van der Waals surface area contributed by atoms with Crippen molar-refractivity contribution in [2.45, 2.75) is 32.9 Å². The van der Waals surface area contributed by atoms with Crippen molar-refractivity contribution >= 4 is 0 Å². The third kappa shape index (κ3) is 4.15. The van der Waals surface area contributed by atoms with Gasteiger partial charge in [-0.2, -0.15) is 5.26 Å². The quantitative estimate of drug-likeness (QED) is 0.807. The Kier molecular flexibility index (Phi) is 6.26. The van der Waals surface area contributed by atoms with Crippen LogP contribution in [0.5, 0.6) is 11.5 Å². The number of nitriles is 1. The Labute approximate surface area is 139 Å². The first-order valence-electron chi connectivity index (χ1n) is 8.34. The van der Waals surface area contributed by atoms with E-state index in [0.717, 1.165) is 36.7 Å². The van der Waals surface area contributed by atoms with Gasteiger partial charge in [0.25, 0.3) is 0 Å². The molecule has 0 bridgehead atoms. The molecular weight excluding hydrogens is 290 g/mol. The maximum atomic E-state index is 9.76. The van der Waals surface area contributed by atoms with Gasteiger partial charge in [0.05, 0.1) is 19.3 Å². The minimum absolute atomic E-state index is 0.289. The van der Waals surface area contributed by atoms with Crippen molar-refractivity contribution in [1.82, 2.24) is 9.80 Å². The Morgan fingerprint density at radius 2 is 2.00 bits per heavy atom. The van der Waals surface area contributed by atoms with E-state index < -0.39 is 0 Å². The molecule has 5 nitrogen and oxygen atoms in total. The maximum Gasteiger partial charge on any atom is 0.128 e. The van der Waals surface area contributed by atoms with Crippen molar-refractivity contribution in [2.24, 2.45) is 0 Å². The Balaban J connectivity index is 2.28. The zero-order valence-corrected chi connectivity index (χ0v) is 14.6. The van der Waals surface area contributed by atoms with Gasteiger partial charge in [0, 0.05) is 37.3 Å². The SMILES string of the molecule is CCOc1ccc(C(C#N)N2CCN(C)C(C)C2)c(OCC)c1. The molecule has 1 aliphatic rings. The summed E-state index contributed by atoms with van der Waals surface area (Å²) in [5.74, 6) is 1.53. The van der Waals surface area contributed by atoms with Crippen molar-refractivity contribution < 1.29 is 9.47 Å². The van der Waals surface area contributed by atoms with Gasteiger partial charge < -0.3 is 14.4 Å². The van der Waals surface area contributed by atoms with Crippen LogP contribution in [0.2, 0.25) is 0 Å². The summed E-state index contributed by atoms with van der Waals surface area (Å²) in [6.45, 7) is 10.0. The van der Waals surface area contributed by atoms with Gasteiger partial charge in [0.2, 0.25) is 0 Å². The van der Waals surface area contributed by atoms with Gasteiger partial charge in [-0.05, 0) is 40.0 Å². The van der Waals surface area contributed by atoms with Gasteiger partial charge in [-0.25, -0.2) is 0 Å². The Morgan fingerprint density at radius 3 is 2.61 bits per heavy atom. The highest BCUT2D eigenvalue weighted by molar-refractivity contribution is 5.44. The Hall–Kier alpha value is -1.77. The van der Waals surface area contributed by atoms with Crippen molar-refractivity contribution in [3.05, 3.63) is 23.8 Å². The van der Waals surface area contributed by atoms with Crippen molar-refractivity contribution in [2.75, 3.05) is 39.9 Å². The molecule has 0 amide bonds. The first kappa shape index (κ1) is 17.6. The maximum absolute atomic E-state index is 9.76. The fourth-order valence-electron chi connectivity index (χ4n) is 2.94. The Morgan fingerprint density at radius 1 is 1.26 bits per heavy atom. The summed E-state index contributed by atoms with van der Waals surface area (Å²) < 4.78 is 11.3. The highest BCUT2D eigenvalue weighted by Gasteiger charge is 2.29. The molecule has 1 saturated heterocycles. The molecule has 0 saturated carbocycles. The second-order valence-corrected chi connectivity index (χ2v) is 5.92. The van der Waals surface area contributed by atoms with E-state index in [9.17, 15) is 5.26 Å². The third-order valence-corrected chi connectivity index (χ3v) is 4.37. The van der Waals surface area contributed by atoms with E-state index in [1.807, 2.05) is 32.0 Å². The summed E-state index contributed by atoms with van der Waals surface area (Å²) in [4.78, 5) is 4.56. The molecule has 2 rings (SSSR count). The summed E-state index contributed by atoms with van der Waals surface area (Å²) in [6, 6.07) is 8.40. The summed E-state index contributed by atoms with van der Waals surface area (Å²) in [6.07, 6.45) is 0. The van der Waals surface area contributed by atoms with Gasteiger partial charge in [0.15, 0.2) is 0 Å². The predicted octanol–water partition coefficient (Wildman–Crippen LogP) is 2.68. The van der Waals surface area contributed by atoms with Gasteiger partial charge >= 0.3 is 0 Å². The number of piperazine rings is 1. The van der Waals surface area contributed by atoms with Crippen LogP contribution < -0.4 is 9.47 Å². The molecule has 5 heteroatoms. The Bertz CT molecular complexity index is 556. The minimum atomic E-state index is -0.289. The molecule has 1 aromatic carbocycles. The van der Waals surface area contributed by atoms with Crippen LogP contribution in [0, 0.1) is 11.3 Å². The van der Waals surface area contributed by atoms with Crippen LogP contribution in [0.3, 0.4) is 0 Å². The molecular formula is C18H27N3O2. The molecule has 126 valence electrons. The van der Waals surface area contributed by atoms with Crippen LogP contribution in [0.25, 0.3) is 0 Å².